The molecule has 2 aliphatic rings. The van der Waals surface area contributed by atoms with Gasteiger partial charge in [0, 0.05) is 35.2 Å². The minimum Gasteiger partial charge on any atom is -0.492 e. The number of fused-ring (bicyclic) bond motifs is 3. The lowest BCUT2D eigenvalue weighted by molar-refractivity contribution is -0.149. The third kappa shape index (κ3) is 3.59. The highest BCUT2D eigenvalue weighted by Gasteiger charge is 2.72. The van der Waals surface area contributed by atoms with Crippen LogP contribution in [0.15, 0.2) is 72.8 Å². The highest BCUT2D eigenvalue weighted by Crippen LogP contribution is 2.66. The standard InChI is InChI=1S/C28H30ClNO4/c1-18(2)30-14-15-33-22-12-13-23-25(16-22)34-28(20-8-10-21(29)11-9-20)24(17-26(31)27(23,28)32)19-6-4-3-5-7-19/h3-13,16,18,24,26,30-32H,14-15,17H2,1-2H3/t24-,26-,27-,28-/m0/s1. The minimum atomic E-state index is -1.63. The number of hydrogen-bond acceptors (Lipinski definition) is 5. The Bertz CT molecular complexity index is 1150. The molecule has 4 atom stereocenters. The second-order valence-corrected chi connectivity index (χ2v) is 9.88. The van der Waals surface area contributed by atoms with Gasteiger partial charge in [-0.3, -0.25) is 0 Å². The molecule has 5 nitrogen and oxygen atoms in total. The summed E-state index contributed by atoms with van der Waals surface area (Å²) in [5, 5.41) is 27.5. The molecule has 1 saturated carbocycles. The highest BCUT2D eigenvalue weighted by atomic mass is 35.5. The predicted octanol–water partition coefficient (Wildman–Crippen LogP) is 4.74. The van der Waals surface area contributed by atoms with Crippen LogP contribution < -0.4 is 14.8 Å². The van der Waals surface area contributed by atoms with Crippen LogP contribution in [-0.4, -0.2) is 35.5 Å². The molecule has 3 aromatic rings. The third-order valence-corrected chi connectivity index (χ3v) is 7.28. The van der Waals surface area contributed by atoms with Crippen LogP contribution >= 0.6 is 11.6 Å². The van der Waals surface area contributed by atoms with E-state index in [4.69, 9.17) is 21.1 Å². The van der Waals surface area contributed by atoms with E-state index in [0.717, 1.165) is 17.7 Å². The van der Waals surface area contributed by atoms with Crippen molar-refractivity contribution < 1.29 is 19.7 Å². The maximum atomic E-state index is 12.3. The van der Waals surface area contributed by atoms with Gasteiger partial charge in [-0.2, -0.15) is 0 Å². The Labute approximate surface area is 205 Å². The minimum absolute atomic E-state index is 0.276. The number of aliphatic hydroxyl groups excluding tert-OH is 1. The monoisotopic (exact) mass is 479 g/mol. The summed E-state index contributed by atoms with van der Waals surface area (Å²) in [4.78, 5) is 0. The Morgan fingerprint density at radius 1 is 1.09 bits per heavy atom. The molecule has 0 radical (unpaired) electrons. The molecule has 1 aliphatic carbocycles. The summed E-state index contributed by atoms with van der Waals surface area (Å²) >= 11 is 6.19. The molecule has 3 aromatic carbocycles. The number of aliphatic hydroxyl groups is 2. The van der Waals surface area contributed by atoms with Crippen molar-refractivity contribution >= 4 is 11.6 Å². The first-order chi connectivity index (χ1) is 16.4. The molecule has 1 aliphatic heterocycles. The van der Waals surface area contributed by atoms with Crippen molar-refractivity contribution in [2.75, 3.05) is 13.2 Å². The van der Waals surface area contributed by atoms with Gasteiger partial charge in [-0.25, -0.2) is 0 Å². The van der Waals surface area contributed by atoms with Crippen molar-refractivity contribution in [3.05, 3.63) is 94.5 Å². The van der Waals surface area contributed by atoms with Crippen LogP contribution in [0.2, 0.25) is 5.02 Å². The van der Waals surface area contributed by atoms with Gasteiger partial charge in [0.05, 0.1) is 6.10 Å². The van der Waals surface area contributed by atoms with Crippen LogP contribution in [0.25, 0.3) is 0 Å². The number of hydrogen-bond donors (Lipinski definition) is 3. The number of halogens is 1. The Morgan fingerprint density at radius 2 is 1.82 bits per heavy atom. The van der Waals surface area contributed by atoms with E-state index in [1.807, 2.05) is 60.7 Å². The highest BCUT2D eigenvalue weighted by molar-refractivity contribution is 6.30. The van der Waals surface area contributed by atoms with Crippen LogP contribution in [0, 0.1) is 0 Å². The van der Waals surface area contributed by atoms with E-state index < -0.39 is 17.3 Å². The molecule has 0 bridgehead atoms. The van der Waals surface area contributed by atoms with Crippen LogP contribution in [0.3, 0.4) is 0 Å². The number of benzene rings is 3. The molecule has 0 unspecified atom stereocenters. The molecule has 178 valence electrons. The lowest BCUT2D eigenvalue weighted by Gasteiger charge is -2.40. The Balaban J connectivity index is 1.58. The molecule has 0 spiro atoms. The largest absolute Gasteiger partial charge is 0.492 e. The molecule has 0 aromatic heterocycles. The quantitative estimate of drug-likeness (QED) is 0.427. The van der Waals surface area contributed by atoms with Crippen molar-refractivity contribution in [2.24, 2.45) is 0 Å². The summed E-state index contributed by atoms with van der Waals surface area (Å²) in [6.07, 6.45) is -0.654. The average Bonchev–Trinajstić information content (AvgIpc) is 3.23. The summed E-state index contributed by atoms with van der Waals surface area (Å²) in [6, 6.07) is 23.1. The van der Waals surface area contributed by atoms with Crippen molar-refractivity contribution in [3.8, 4) is 11.5 Å². The maximum Gasteiger partial charge on any atom is 0.176 e. The first kappa shape index (κ1) is 23.2. The van der Waals surface area contributed by atoms with E-state index >= 15 is 0 Å². The summed E-state index contributed by atoms with van der Waals surface area (Å²) in [5.74, 6) is 0.901. The fourth-order valence-corrected chi connectivity index (χ4v) is 5.64. The topological polar surface area (TPSA) is 71.0 Å². The SMILES string of the molecule is CC(C)NCCOc1ccc2c(c1)O[C@@]1(c3ccc(Cl)cc3)[C@H](c3ccccc3)C[C@H](O)[C@@]21O. The molecule has 6 heteroatoms. The van der Waals surface area contributed by atoms with Gasteiger partial charge in [0.2, 0.25) is 0 Å². The second kappa shape index (κ2) is 8.90. The van der Waals surface area contributed by atoms with E-state index in [1.165, 1.54) is 0 Å². The first-order valence-corrected chi connectivity index (χ1v) is 12.1. The van der Waals surface area contributed by atoms with Gasteiger partial charge >= 0.3 is 0 Å². The zero-order valence-electron chi connectivity index (χ0n) is 19.4. The summed E-state index contributed by atoms with van der Waals surface area (Å²) in [6.45, 7) is 5.42. The van der Waals surface area contributed by atoms with Crippen molar-refractivity contribution in [2.45, 2.75) is 49.5 Å². The smallest absolute Gasteiger partial charge is 0.176 e. The van der Waals surface area contributed by atoms with Gasteiger partial charge in [0.1, 0.15) is 18.1 Å². The lowest BCUT2D eigenvalue weighted by Crippen LogP contribution is -2.51. The van der Waals surface area contributed by atoms with Gasteiger partial charge < -0.3 is 25.0 Å². The third-order valence-electron chi connectivity index (χ3n) is 7.03. The Hall–Kier alpha value is -2.57. The number of rotatable bonds is 7. The van der Waals surface area contributed by atoms with Gasteiger partial charge in [0.15, 0.2) is 11.2 Å². The van der Waals surface area contributed by atoms with Crippen LogP contribution in [0.4, 0.5) is 0 Å². The van der Waals surface area contributed by atoms with Crippen LogP contribution in [0.5, 0.6) is 11.5 Å². The van der Waals surface area contributed by atoms with E-state index in [2.05, 4.69) is 19.2 Å². The lowest BCUT2D eigenvalue weighted by atomic mass is 9.71. The first-order valence-electron chi connectivity index (χ1n) is 11.8. The molecule has 1 fully saturated rings. The molecule has 3 N–H and O–H groups in total. The zero-order chi connectivity index (χ0) is 23.9. The normalized spacial score (nSPS) is 27.4. The van der Waals surface area contributed by atoms with Crippen LogP contribution in [-0.2, 0) is 11.2 Å². The summed E-state index contributed by atoms with van der Waals surface area (Å²) in [5.41, 5.74) is -0.505. The summed E-state index contributed by atoms with van der Waals surface area (Å²) < 4.78 is 12.6. The molecule has 1 heterocycles. The molecular weight excluding hydrogens is 450 g/mol. The van der Waals surface area contributed by atoms with E-state index in [-0.39, 0.29) is 5.92 Å². The van der Waals surface area contributed by atoms with Gasteiger partial charge in [-0.15, -0.1) is 0 Å². The van der Waals surface area contributed by atoms with E-state index in [1.54, 1.807) is 12.1 Å². The van der Waals surface area contributed by atoms with E-state index in [0.29, 0.717) is 41.2 Å². The van der Waals surface area contributed by atoms with Crippen LogP contribution in [0.1, 0.15) is 42.9 Å². The maximum absolute atomic E-state index is 12.3. The predicted molar refractivity (Wildman–Crippen MR) is 133 cm³/mol. The number of ether oxygens (including phenoxy) is 2. The van der Waals surface area contributed by atoms with Crippen molar-refractivity contribution in [1.82, 2.24) is 5.32 Å². The van der Waals surface area contributed by atoms with E-state index in [9.17, 15) is 10.2 Å². The van der Waals surface area contributed by atoms with Crippen molar-refractivity contribution in [3.63, 3.8) is 0 Å². The fourth-order valence-electron chi connectivity index (χ4n) is 5.52. The van der Waals surface area contributed by atoms with Crippen molar-refractivity contribution in [1.29, 1.82) is 0 Å². The molecule has 0 amide bonds. The Morgan fingerprint density at radius 3 is 2.53 bits per heavy atom. The second-order valence-electron chi connectivity index (χ2n) is 9.44. The fraction of sp³-hybridized carbons (Fsp3) is 0.357. The molecule has 34 heavy (non-hydrogen) atoms. The molecular formula is C28H30ClNO4. The van der Waals surface area contributed by atoms with Gasteiger partial charge in [-0.05, 0) is 41.8 Å². The molecule has 0 saturated heterocycles. The Kier molecular flexibility index (Phi) is 6.07. The zero-order valence-corrected chi connectivity index (χ0v) is 20.1. The average molecular weight is 480 g/mol. The van der Waals surface area contributed by atoms with Gasteiger partial charge in [-0.1, -0.05) is 67.9 Å². The number of nitrogens with one attached hydrogen (secondary N) is 1. The van der Waals surface area contributed by atoms with Gasteiger partial charge in [0.25, 0.3) is 0 Å². The molecule has 5 rings (SSSR count). The summed E-state index contributed by atoms with van der Waals surface area (Å²) in [7, 11) is 0.